The molecule has 0 N–H and O–H groups in total. The zero-order chi connectivity index (χ0) is 14.9. The van der Waals surface area contributed by atoms with Gasteiger partial charge in [-0.05, 0) is 50.5 Å². The monoisotopic (exact) mass is 293 g/mol. The van der Waals surface area contributed by atoms with Crippen LogP contribution in [-0.4, -0.2) is 23.1 Å². The average molecular weight is 293 g/mol. The number of anilines is 1. The first-order chi connectivity index (χ1) is 10.8. The molecule has 0 radical (unpaired) electrons. The van der Waals surface area contributed by atoms with E-state index >= 15 is 0 Å². The minimum atomic E-state index is 0.625. The third-order valence-corrected chi connectivity index (χ3v) is 4.19. The van der Waals surface area contributed by atoms with E-state index in [2.05, 4.69) is 40.0 Å². The van der Waals surface area contributed by atoms with E-state index in [1.807, 2.05) is 18.2 Å². The van der Waals surface area contributed by atoms with Crippen molar-refractivity contribution in [3.05, 3.63) is 42.0 Å². The maximum atomic E-state index is 5.89. The van der Waals surface area contributed by atoms with Crippen molar-refractivity contribution in [2.75, 3.05) is 18.0 Å². The van der Waals surface area contributed by atoms with Crippen LogP contribution in [0, 0.1) is 6.92 Å². The largest absolute Gasteiger partial charge is 0.418 e. The van der Waals surface area contributed by atoms with Gasteiger partial charge < -0.3 is 9.32 Å². The smallest absolute Gasteiger partial charge is 0.249 e. The van der Waals surface area contributed by atoms with Gasteiger partial charge in [-0.2, -0.15) is 4.98 Å². The molecule has 0 saturated carbocycles. The maximum absolute atomic E-state index is 5.89. The molecule has 112 valence electrons. The highest BCUT2D eigenvalue weighted by atomic mass is 16.4. The first-order valence-electron chi connectivity index (χ1n) is 7.89. The van der Waals surface area contributed by atoms with Gasteiger partial charge in [0.05, 0.1) is 0 Å². The molecule has 0 bridgehead atoms. The number of oxazole rings is 1. The summed E-state index contributed by atoms with van der Waals surface area (Å²) in [6, 6.07) is 12.2. The number of piperidine rings is 1. The summed E-state index contributed by atoms with van der Waals surface area (Å²) < 4.78 is 5.89. The minimum absolute atomic E-state index is 0.625. The van der Waals surface area contributed by atoms with Crippen LogP contribution in [0.5, 0.6) is 0 Å². The first kappa shape index (κ1) is 13.3. The molecule has 0 atom stereocenters. The van der Waals surface area contributed by atoms with Gasteiger partial charge in [-0.3, -0.25) is 0 Å². The van der Waals surface area contributed by atoms with Gasteiger partial charge in [0.25, 0.3) is 0 Å². The fraction of sp³-hybridized carbons (Fsp3) is 0.333. The van der Waals surface area contributed by atoms with E-state index in [-0.39, 0.29) is 0 Å². The van der Waals surface area contributed by atoms with Crippen LogP contribution in [0.1, 0.15) is 24.8 Å². The average Bonchev–Trinajstić information content (AvgIpc) is 2.99. The minimum Gasteiger partial charge on any atom is -0.418 e. The zero-order valence-corrected chi connectivity index (χ0v) is 12.7. The van der Waals surface area contributed by atoms with Crippen molar-refractivity contribution >= 4 is 17.0 Å². The maximum Gasteiger partial charge on any atom is 0.249 e. The molecule has 0 amide bonds. The highest BCUT2D eigenvalue weighted by Crippen LogP contribution is 2.26. The van der Waals surface area contributed by atoms with E-state index in [9.17, 15) is 0 Å². The second kappa shape index (κ2) is 5.44. The third-order valence-electron chi connectivity index (χ3n) is 4.19. The molecule has 4 nitrogen and oxygen atoms in total. The fourth-order valence-electron chi connectivity index (χ4n) is 3.01. The molecular weight excluding hydrogens is 274 g/mol. The molecule has 22 heavy (non-hydrogen) atoms. The predicted molar refractivity (Wildman–Crippen MR) is 88.0 cm³/mol. The lowest BCUT2D eigenvalue weighted by Crippen LogP contribution is -2.29. The molecule has 3 aromatic rings. The Morgan fingerprint density at radius 2 is 1.86 bits per heavy atom. The van der Waals surface area contributed by atoms with Gasteiger partial charge in [-0.25, -0.2) is 4.98 Å². The number of benzene rings is 1. The van der Waals surface area contributed by atoms with E-state index in [0.29, 0.717) is 11.6 Å². The van der Waals surface area contributed by atoms with Gasteiger partial charge in [-0.1, -0.05) is 17.7 Å². The van der Waals surface area contributed by atoms with Crippen molar-refractivity contribution in [1.29, 1.82) is 0 Å². The molecule has 1 fully saturated rings. The highest BCUT2D eigenvalue weighted by Gasteiger charge is 2.15. The van der Waals surface area contributed by atoms with Crippen LogP contribution in [0.25, 0.3) is 22.7 Å². The lowest BCUT2D eigenvalue weighted by atomic mass is 10.1. The lowest BCUT2D eigenvalue weighted by molar-refractivity contribution is 0.569. The molecule has 1 aliphatic rings. The topological polar surface area (TPSA) is 42.2 Å². The number of nitrogens with zero attached hydrogens (tertiary/aromatic N) is 3. The molecule has 3 heterocycles. The summed E-state index contributed by atoms with van der Waals surface area (Å²) in [5.74, 6) is 1.64. The second-order valence-corrected chi connectivity index (χ2v) is 5.93. The Labute approximate surface area is 129 Å². The van der Waals surface area contributed by atoms with Crippen LogP contribution in [-0.2, 0) is 0 Å². The molecule has 4 heteroatoms. The molecule has 1 aromatic carbocycles. The van der Waals surface area contributed by atoms with Crippen molar-refractivity contribution in [3.8, 4) is 11.5 Å². The Morgan fingerprint density at radius 3 is 2.68 bits per heavy atom. The normalized spacial score (nSPS) is 15.4. The quantitative estimate of drug-likeness (QED) is 0.710. The highest BCUT2D eigenvalue weighted by molar-refractivity contribution is 5.74. The second-order valence-electron chi connectivity index (χ2n) is 5.93. The van der Waals surface area contributed by atoms with Crippen molar-refractivity contribution in [2.24, 2.45) is 0 Å². The predicted octanol–water partition coefficient (Wildman–Crippen LogP) is 4.19. The van der Waals surface area contributed by atoms with E-state index in [1.54, 1.807) is 0 Å². The van der Waals surface area contributed by atoms with Gasteiger partial charge in [0.15, 0.2) is 0 Å². The van der Waals surface area contributed by atoms with Crippen LogP contribution in [0.4, 0.5) is 5.82 Å². The van der Waals surface area contributed by atoms with Crippen LogP contribution in [0.3, 0.4) is 0 Å². The van der Waals surface area contributed by atoms with Crippen LogP contribution in [0.2, 0.25) is 0 Å². The number of aromatic nitrogens is 2. The lowest BCUT2D eigenvalue weighted by Gasteiger charge is -2.27. The molecule has 0 spiro atoms. The first-order valence-corrected chi connectivity index (χ1v) is 7.89. The SMILES string of the molecule is Cc1cccc(-c2nc3ccc(N4CCCCC4)nc3o2)c1. The van der Waals surface area contributed by atoms with E-state index in [1.165, 1.54) is 24.8 Å². The van der Waals surface area contributed by atoms with Crippen LogP contribution >= 0.6 is 0 Å². The number of pyridine rings is 1. The summed E-state index contributed by atoms with van der Waals surface area (Å²) in [4.78, 5) is 11.6. The van der Waals surface area contributed by atoms with E-state index in [4.69, 9.17) is 4.42 Å². The van der Waals surface area contributed by atoms with Crippen molar-refractivity contribution in [2.45, 2.75) is 26.2 Å². The Bertz CT molecular complexity index is 803. The van der Waals surface area contributed by atoms with Gasteiger partial charge in [0.1, 0.15) is 11.3 Å². The molecule has 0 aliphatic carbocycles. The molecule has 0 unspecified atom stereocenters. The molecule has 2 aromatic heterocycles. The van der Waals surface area contributed by atoms with E-state index in [0.717, 1.165) is 30.0 Å². The molecular formula is C18H19N3O. The van der Waals surface area contributed by atoms with Crippen molar-refractivity contribution in [3.63, 3.8) is 0 Å². The Morgan fingerprint density at radius 1 is 1.00 bits per heavy atom. The van der Waals surface area contributed by atoms with Crippen LogP contribution in [0.15, 0.2) is 40.8 Å². The van der Waals surface area contributed by atoms with Crippen molar-refractivity contribution in [1.82, 2.24) is 9.97 Å². The molecule has 1 saturated heterocycles. The Kier molecular flexibility index (Phi) is 3.29. The number of fused-ring (bicyclic) bond motifs is 1. The Hall–Kier alpha value is -2.36. The summed E-state index contributed by atoms with van der Waals surface area (Å²) in [6.45, 7) is 4.23. The number of rotatable bonds is 2. The summed E-state index contributed by atoms with van der Waals surface area (Å²) in [7, 11) is 0. The fourth-order valence-corrected chi connectivity index (χ4v) is 3.01. The third kappa shape index (κ3) is 2.45. The zero-order valence-electron chi connectivity index (χ0n) is 12.7. The van der Waals surface area contributed by atoms with Crippen LogP contribution < -0.4 is 4.90 Å². The standard InChI is InChI=1S/C18H19N3O/c1-13-6-5-7-14(12-13)17-19-15-8-9-16(20-18(15)22-17)21-10-3-2-4-11-21/h5-9,12H,2-4,10-11H2,1H3. The number of hydrogen-bond acceptors (Lipinski definition) is 4. The summed E-state index contributed by atoms with van der Waals surface area (Å²) >= 11 is 0. The Balaban J connectivity index is 1.71. The summed E-state index contributed by atoms with van der Waals surface area (Å²) in [5, 5.41) is 0. The van der Waals surface area contributed by atoms with Gasteiger partial charge >= 0.3 is 0 Å². The number of hydrogen-bond donors (Lipinski definition) is 0. The summed E-state index contributed by atoms with van der Waals surface area (Å²) in [6.07, 6.45) is 3.80. The van der Waals surface area contributed by atoms with E-state index < -0.39 is 0 Å². The number of aryl methyl sites for hydroxylation is 1. The van der Waals surface area contributed by atoms with Gasteiger partial charge in [-0.15, -0.1) is 0 Å². The molecule has 4 rings (SSSR count). The van der Waals surface area contributed by atoms with Crippen molar-refractivity contribution < 1.29 is 4.42 Å². The summed E-state index contributed by atoms with van der Waals surface area (Å²) in [5.41, 5.74) is 3.64. The molecule has 1 aliphatic heterocycles. The van der Waals surface area contributed by atoms with Gasteiger partial charge in [0.2, 0.25) is 11.6 Å². The van der Waals surface area contributed by atoms with Gasteiger partial charge in [0, 0.05) is 18.7 Å².